The van der Waals surface area contributed by atoms with Gasteiger partial charge in [0.15, 0.2) is 0 Å². The van der Waals surface area contributed by atoms with Gasteiger partial charge in [0, 0.05) is 0 Å². The largest absolute Gasteiger partial charge is 0.469 e. The molecular weight excluding hydrogens is 227 g/mol. The summed E-state index contributed by atoms with van der Waals surface area (Å²) in [4.78, 5) is 16.7. The van der Waals surface area contributed by atoms with Gasteiger partial charge in [-0.15, -0.1) is 11.6 Å². The standard InChI is InChI=1S/C8H18ClO4P/c1-4-7(13-14(10,11)12)8(9,5-2)6-3/h7H,4-6H2,1-3H3,(H2,10,11,12). The van der Waals surface area contributed by atoms with Crippen molar-refractivity contribution in [1.82, 2.24) is 0 Å². The van der Waals surface area contributed by atoms with Gasteiger partial charge in [-0.2, -0.15) is 0 Å². The fourth-order valence-corrected chi connectivity index (χ4v) is 2.35. The first kappa shape index (κ1) is 14.4. The van der Waals surface area contributed by atoms with Crippen LogP contribution >= 0.6 is 19.4 Å². The Kier molecular flexibility index (Phi) is 5.63. The average molecular weight is 245 g/mol. The van der Waals surface area contributed by atoms with E-state index in [0.717, 1.165) is 0 Å². The molecule has 0 amide bonds. The topological polar surface area (TPSA) is 66.8 Å². The first-order valence-corrected chi connectivity index (χ1v) is 6.62. The SMILES string of the molecule is CCC(OP(=O)(O)O)C(Cl)(CC)CC. The molecule has 0 radical (unpaired) electrons. The molecule has 0 bridgehead atoms. The molecule has 0 rings (SSSR count). The van der Waals surface area contributed by atoms with Crippen molar-refractivity contribution in [3.63, 3.8) is 0 Å². The Hall–Kier alpha value is 0.400. The van der Waals surface area contributed by atoms with Gasteiger partial charge in [-0.25, -0.2) is 4.57 Å². The predicted octanol–water partition coefficient (Wildman–Crippen LogP) is 2.67. The van der Waals surface area contributed by atoms with Gasteiger partial charge in [-0.3, -0.25) is 4.52 Å². The van der Waals surface area contributed by atoms with Crippen molar-refractivity contribution in [2.75, 3.05) is 0 Å². The molecular formula is C8H18ClO4P. The van der Waals surface area contributed by atoms with Crippen LogP contribution in [0.3, 0.4) is 0 Å². The second kappa shape index (κ2) is 5.47. The van der Waals surface area contributed by atoms with Crippen LogP contribution in [0.25, 0.3) is 0 Å². The fourth-order valence-electron chi connectivity index (χ4n) is 1.41. The zero-order chi connectivity index (χ0) is 11.4. The number of halogens is 1. The third kappa shape index (κ3) is 4.28. The molecule has 1 unspecified atom stereocenters. The molecule has 6 heteroatoms. The number of phosphoric acid groups is 1. The summed E-state index contributed by atoms with van der Waals surface area (Å²) in [6.45, 7) is 5.55. The molecule has 0 saturated carbocycles. The molecule has 0 heterocycles. The molecule has 14 heavy (non-hydrogen) atoms. The minimum Gasteiger partial charge on any atom is -0.303 e. The smallest absolute Gasteiger partial charge is 0.303 e. The molecule has 0 aliphatic carbocycles. The van der Waals surface area contributed by atoms with E-state index >= 15 is 0 Å². The number of hydrogen-bond donors (Lipinski definition) is 2. The first-order valence-electron chi connectivity index (χ1n) is 4.72. The Bertz CT molecular complexity index is 211. The molecule has 0 spiro atoms. The summed E-state index contributed by atoms with van der Waals surface area (Å²) in [5, 5.41) is 0. The molecule has 0 fully saturated rings. The highest BCUT2D eigenvalue weighted by atomic mass is 35.5. The second-order valence-electron chi connectivity index (χ2n) is 3.23. The van der Waals surface area contributed by atoms with Crippen molar-refractivity contribution >= 4 is 19.4 Å². The summed E-state index contributed by atoms with van der Waals surface area (Å²) in [6, 6.07) is 0. The molecule has 0 aliphatic heterocycles. The van der Waals surface area contributed by atoms with Crippen LogP contribution in [-0.4, -0.2) is 20.8 Å². The van der Waals surface area contributed by atoms with Crippen molar-refractivity contribution in [2.24, 2.45) is 0 Å². The molecule has 2 N–H and O–H groups in total. The van der Waals surface area contributed by atoms with Gasteiger partial charge in [0.05, 0.1) is 11.0 Å². The van der Waals surface area contributed by atoms with Crippen molar-refractivity contribution in [3.8, 4) is 0 Å². The Morgan fingerprint density at radius 1 is 1.36 bits per heavy atom. The lowest BCUT2D eigenvalue weighted by atomic mass is 9.94. The van der Waals surface area contributed by atoms with Crippen molar-refractivity contribution in [1.29, 1.82) is 0 Å². The quantitative estimate of drug-likeness (QED) is 0.557. The zero-order valence-electron chi connectivity index (χ0n) is 8.73. The van der Waals surface area contributed by atoms with E-state index in [1.165, 1.54) is 0 Å². The fraction of sp³-hybridized carbons (Fsp3) is 1.00. The summed E-state index contributed by atoms with van der Waals surface area (Å²) in [6.07, 6.45) is 1.10. The van der Waals surface area contributed by atoms with E-state index in [9.17, 15) is 4.57 Å². The summed E-state index contributed by atoms with van der Waals surface area (Å²) < 4.78 is 15.4. The van der Waals surface area contributed by atoms with Crippen molar-refractivity contribution < 1.29 is 18.9 Å². The van der Waals surface area contributed by atoms with E-state index < -0.39 is 18.8 Å². The van der Waals surface area contributed by atoms with Crippen molar-refractivity contribution in [2.45, 2.75) is 51.0 Å². The average Bonchev–Trinajstić information content (AvgIpc) is 2.11. The monoisotopic (exact) mass is 244 g/mol. The molecule has 0 aliphatic rings. The van der Waals surface area contributed by atoms with Crippen LogP contribution in [0.1, 0.15) is 40.0 Å². The van der Waals surface area contributed by atoms with Crippen molar-refractivity contribution in [3.05, 3.63) is 0 Å². The minimum atomic E-state index is -4.45. The van der Waals surface area contributed by atoms with Gasteiger partial charge in [0.25, 0.3) is 0 Å². The summed E-state index contributed by atoms with van der Waals surface area (Å²) in [5.74, 6) is 0. The molecule has 86 valence electrons. The summed E-state index contributed by atoms with van der Waals surface area (Å²) >= 11 is 6.21. The van der Waals surface area contributed by atoms with Crippen LogP contribution in [0.2, 0.25) is 0 Å². The van der Waals surface area contributed by atoms with E-state index in [0.29, 0.717) is 19.3 Å². The summed E-state index contributed by atoms with van der Waals surface area (Å²) in [5.41, 5.74) is 0. The first-order chi connectivity index (χ1) is 6.29. The molecule has 0 aromatic heterocycles. The lowest BCUT2D eigenvalue weighted by Crippen LogP contribution is -2.36. The summed E-state index contributed by atoms with van der Waals surface area (Å²) in [7, 11) is -4.45. The highest BCUT2D eigenvalue weighted by Crippen LogP contribution is 2.44. The van der Waals surface area contributed by atoms with Gasteiger partial charge >= 0.3 is 7.82 Å². The van der Waals surface area contributed by atoms with Gasteiger partial charge in [-0.1, -0.05) is 20.8 Å². The minimum absolute atomic E-state index is 0.482. The Morgan fingerprint density at radius 2 is 1.79 bits per heavy atom. The van der Waals surface area contributed by atoms with E-state index in [2.05, 4.69) is 4.52 Å². The maximum Gasteiger partial charge on any atom is 0.469 e. The maximum absolute atomic E-state index is 10.7. The number of rotatable bonds is 6. The van der Waals surface area contributed by atoms with Gasteiger partial charge < -0.3 is 9.79 Å². The predicted molar refractivity (Wildman–Crippen MR) is 56.4 cm³/mol. The molecule has 4 nitrogen and oxygen atoms in total. The highest BCUT2D eigenvalue weighted by Gasteiger charge is 2.37. The molecule has 0 aromatic rings. The van der Waals surface area contributed by atoms with Crippen LogP contribution in [0.5, 0.6) is 0 Å². The van der Waals surface area contributed by atoms with Crippen LogP contribution < -0.4 is 0 Å². The van der Waals surface area contributed by atoms with E-state index in [4.69, 9.17) is 21.4 Å². The van der Waals surface area contributed by atoms with Gasteiger partial charge in [0.1, 0.15) is 0 Å². The molecule has 0 aromatic carbocycles. The normalized spacial score (nSPS) is 15.6. The Labute approximate surface area is 89.8 Å². The van der Waals surface area contributed by atoms with Crippen LogP contribution in [0.4, 0.5) is 0 Å². The third-order valence-electron chi connectivity index (χ3n) is 2.39. The van der Waals surface area contributed by atoms with Crippen LogP contribution in [-0.2, 0) is 9.09 Å². The van der Waals surface area contributed by atoms with Gasteiger partial charge in [-0.05, 0) is 19.3 Å². The van der Waals surface area contributed by atoms with E-state index in [1.54, 1.807) is 6.92 Å². The number of alkyl halides is 1. The lowest BCUT2D eigenvalue weighted by molar-refractivity contribution is 0.0930. The third-order valence-corrected chi connectivity index (χ3v) is 3.69. The van der Waals surface area contributed by atoms with E-state index in [-0.39, 0.29) is 0 Å². The number of phosphoric ester groups is 1. The maximum atomic E-state index is 10.7. The number of hydrogen-bond acceptors (Lipinski definition) is 2. The Morgan fingerprint density at radius 3 is 2.00 bits per heavy atom. The lowest BCUT2D eigenvalue weighted by Gasteiger charge is -2.32. The second-order valence-corrected chi connectivity index (χ2v) is 5.18. The van der Waals surface area contributed by atoms with Gasteiger partial charge in [0.2, 0.25) is 0 Å². The molecule has 1 atom stereocenters. The van der Waals surface area contributed by atoms with E-state index in [1.807, 2.05) is 13.8 Å². The zero-order valence-corrected chi connectivity index (χ0v) is 10.4. The highest BCUT2D eigenvalue weighted by molar-refractivity contribution is 7.46. The molecule has 0 saturated heterocycles. The van der Waals surface area contributed by atoms with Crippen LogP contribution in [0.15, 0.2) is 0 Å². The van der Waals surface area contributed by atoms with Crippen LogP contribution in [0, 0.1) is 0 Å². The Balaban J connectivity index is 4.62.